The van der Waals surface area contributed by atoms with Crippen LogP contribution in [0.5, 0.6) is 5.88 Å². The van der Waals surface area contributed by atoms with Crippen molar-refractivity contribution in [3.05, 3.63) is 53.1 Å². The van der Waals surface area contributed by atoms with E-state index in [2.05, 4.69) is 29.8 Å². The number of hydrogen-bond acceptors (Lipinski definition) is 8. The zero-order chi connectivity index (χ0) is 25.0. The van der Waals surface area contributed by atoms with Crippen LogP contribution in [0.2, 0.25) is 0 Å². The van der Waals surface area contributed by atoms with Gasteiger partial charge in [0.15, 0.2) is 5.13 Å². The third kappa shape index (κ3) is 5.75. The van der Waals surface area contributed by atoms with E-state index in [9.17, 15) is 13.2 Å². The lowest BCUT2D eigenvalue weighted by molar-refractivity contribution is -0.117. The second-order valence-electron chi connectivity index (χ2n) is 7.89. The summed E-state index contributed by atoms with van der Waals surface area (Å²) in [6.07, 6.45) is 4.85. The van der Waals surface area contributed by atoms with Crippen LogP contribution in [0.15, 0.2) is 36.0 Å². The van der Waals surface area contributed by atoms with Crippen LogP contribution in [0.25, 0.3) is 16.1 Å². The summed E-state index contributed by atoms with van der Waals surface area (Å²) in [5, 5.41) is 4.39. The van der Waals surface area contributed by atoms with Gasteiger partial charge in [-0.15, -0.1) is 11.3 Å². The molecule has 1 unspecified atom stereocenters. The van der Waals surface area contributed by atoms with E-state index in [0.717, 1.165) is 11.3 Å². The van der Waals surface area contributed by atoms with E-state index in [1.54, 1.807) is 29.8 Å². The molecule has 35 heavy (non-hydrogen) atoms. The molecule has 3 aromatic rings. The number of aromatic nitrogens is 3. The summed E-state index contributed by atoms with van der Waals surface area (Å²) in [5.74, 6) is -0.540. The molecule has 1 amide bonds. The molecule has 4 rings (SSSR count). The Labute approximate surface area is 207 Å². The number of sulfonamides is 1. The second-order valence-corrected chi connectivity index (χ2v) is 10.7. The normalized spacial score (nSPS) is 14.1. The van der Waals surface area contributed by atoms with Gasteiger partial charge in [-0.05, 0) is 43.9 Å². The number of nitrogens with zero attached hydrogens (tertiary/aromatic N) is 4. The number of carbonyl (C=O) groups is 1. The van der Waals surface area contributed by atoms with Gasteiger partial charge in [-0.25, -0.2) is 23.2 Å². The van der Waals surface area contributed by atoms with Crippen LogP contribution in [0.1, 0.15) is 44.7 Å². The fourth-order valence-electron chi connectivity index (χ4n) is 3.42. The van der Waals surface area contributed by atoms with E-state index in [-0.39, 0.29) is 22.0 Å². The van der Waals surface area contributed by atoms with Crippen molar-refractivity contribution in [1.29, 1.82) is 0 Å². The van der Waals surface area contributed by atoms with Crippen molar-refractivity contribution in [2.24, 2.45) is 0 Å². The van der Waals surface area contributed by atoms with E-state index >= 15 is 0 Å². The first-order valence-electron chi connectivity index (χ1n) is 11.1. The summed E-state index contributed by atoms with van der Waals surface area (Å²) in [6, 6.07) is 5.04. The van der Waals surface area contributed by atoms with Gasteiger partial charge in [0.25, 0.3) is 0 Å². The number of nitrogens with one attached hydrogen (secondary N) is 2. The van der Waals surface area contributed by atoms with Crippen molar-refractivity contribution in [3.63, 3.8) is 0 Å². The number of hydrogen-bond donors (Lipinski definition) is 2. The maximum absolute atomic E-state index is 13.1. The monoisotopic (exact) mass is 512 g/mol. The van der Waals surface area contributed by atoms with Gasteiger partial charge in [-0.1, -0.05) is 13.0 Å². The van der Waals surface area contributed by atoms with Gasteiger partial charge in [-0.3, -0.25) is 14.5 Å². The van der Waals surface area contributed by atoms with E-state index in [4.69, 9.17) is 11.3 Å². The average Bonchev–Trinajstić information content (AvgIpc) is 3.62. The molecule has 1 saturated carbocycles. The zero-order valence-electron chi connectivity index (χ0n) is 19.2. The van der Waals surface area contributed by atoms with Gasteiger partial charge in [0.1, 0.15) is 0 Å². The van der Waals surface area contributed by atoms with E-state index in [1.807, 2.05) is 13.8 Å². The number of carbonyl (C=O) groups excluding carboxylic acids is 1. The highest BCUT2D eigenvalue weighted by atomic mass is 32.2. The summed E-state index contributed by atoms with van der Waals surface area (Å²) in [6.45, 7) is 11.7. The van der Waals surface area contributed by atoms with Crippen LogP contribution in [-0.2, 0) is 14.8 Å². The number of benzene rings is 1. The Balaban J connectivity index is 1.50. The molecule has 0 radical (unpaired) electrons. The maximum Gasteiger partial charge on any atom is 0.237 e. The molecule has 10 nitrogen and oxygen atoms in total. The van der Waals surface area contributed by atoms with Crippen molar-refractivity contribution in [2.45, 2.75) is 44.3 Å². The number of amides is 1. The topological polar surface area (TPSA) is 128 Å². The predicted octanol–water partition coefficient (Wildman–Crippen LogP) is 4.59. The Bertz CT molecular complexity index is 1380. The molecule has 1 fully saturated rings. The summed E-state index contributed by atoms with van der Waals surface area (Å²) in [4.78, 5) is 29.5. The Kier molecular flexibility index (Phi) is 7.28. The van der Waals surface area contributed by atoms with Crippen LogP contribution in [0.3, 0.4) is 0 Å². The zero-order valence-corrected chi connectivity index (χ0v) is 20.8. The first kappa shape index (κ1) is 24.6. The van der Waals surface area contributed by atoms with Crippen LogP contribution in [0.4, 0.5) is 16.5 Å². The van der Waals surface area contributed by atoms with Gasteiger partial charge < -0.3 is 10.1 Å². The van der Waals surface area contributed by atoms with Crippen molar-refractivity contribution in [1.82, 2.24) is 15.0 Å². The number of rotatable bonds is 10. The molecule has 2 N–H and O–H groups in total. The Morgan fingerprint density at radius 3 is 2.77 bits per heavy atom. The summed E-state index contributed by atoms with van der Waals surface area (Å²) in [5.41, 5.74) is 2.32. The highest BCUT2D eigenvalue weighted by molar-refractivity contribution is 7.93. The molecule has 1 aliphatic rings. The lowest BCUT2D eigenvalue weighted by Crippen LogP contribution is -2.21. The molecule has 182 valence electrons. The highest BCUT2D eigenvalue weighted by Crippen LogP contribution is 2.34. The van der Waals surface area contributed by atoms with E-state index in [0.29, 0.717) is 54.4 Å². The minimum absolute atomic E-state index is 0.250. The number of thiazole rings is 1. The average molecular weight is 513 g/mol. The largest absolute Gasteiger partial charge is 0.477 e. The molecule has 0 aliphatic heterocycles. The van der Waals surface area contributed by atoms with Crippen molar-refractivity contribution in [3.8, 4) is 17.1 Å². The van der Waals surface area contributed by atoms with Crippen molar-refractivity contribution >= 4 is 43.8 Å². The van der Waals surface area contributed by atoms with Crippen LogP contribution in [-0.4, -0.2) is 41.1 Å². The quantitative estimate of drug-likeness (QED) is 0.380. The molecule has 0 bridgehead atoms. The van der Waals surface area contributed by atoms with Gasteiger partial charge in [0, 0.05) is 11.1 Å². The first-order chi connectivity index (χ1) is 16.8. The summed E-state index contributed by atoms with van der Waals surface area (Å²) in [7, 11) is -3.42. The van der Waals surface area contributed by atoms with Gasteiger partial charge in [0.2, 0.25) is 27.5 Å². The molecule has 0 spiro atoms. The molecule has 1 aliphatic carbocycles. The maximum atomic E-state index is 13.1. The van der Waals surface area contributed by atoms with E-state index < -0.39 is 15.9 Å². The van der Waals surface area contributed by atoms with Gasteiger partial charge in [-0.2, -0.15) is 0 Å². The van der Waals surface area contributed by atoms with Crippen LogP contribution >= 0.6 is 11.3 Å². The third-order valence-electron chi connectivity index (χ3n) is 5.37. The molecular weight excluding hydrogens is 488 g/mol. The molecular formula is C23H24N6O4S2. The van der Waals surface area contributed by atoms with Crippen molar-refractivity contribution in [2.75, 3.05) is 16.6 Å². The van der Waals surface area contributed by atoms with Gasteiger partial charge in [0.05, 0.1) is 48.1 Å². The molecule has 1 aromatic carbocycles. The SMILES string of the molecule is [C-]#[N+]c1cc(-c2cncc(OCC)n2)ccc1NC(=O)C(CC)c1csc(NS(=O)(=O)C2CC2)n1. The minimum Gasteiger partial charge on any atom is -0.477 e. The second kappa shape index (κ2) is 10.4. The lowest BCUT2D eigenvalue weighted by Gasteiger charge is -2.15. The van der Waals surface area contributed by atoms with Gasteiger partial charge >= 0.3 is 0 Å². The minimum atomic E-state index is -3.42. The fraction of sp³-hybridized carbons (Fsp3) is 0.348. The van der Waals surface area contributed by atoms with Crippen molar-refractivity contribution < 1.29 is 17.9 Å². The molecule has 0 saturated heterocycles. The van der Waals surface area contributed by atoms with E-state index in [1.165, 1.54) is 6.20 Å². The summed E-state index contributed by atoms with van der Waals surface area (Å²) < 4.78 is 32.2. The van der Waals surface area contributed by atoms with Crippen LogP contribution in [0, 0.1) is 6.57 Å². The summed E-state index contributed by atoms with van der Waals surface area (Å²) >= 11 is 1.15. The third-order valence-corrected chi connectivity index (χ3v) is 8.11. The Morgan fingerprint density at radius 2 is 2.09 bits per heavy atom. The standard InChI is InChI=1S/C23H24N6O4S2/c1-4-16(20-13-34-23(28-20)29-35(31,32)15-7-8-15)22(30)27-17-9-6-14(10-18(17)24-3)19-11-25-12-21(26-19)33-5-2/h6,9-13,15-16H,4-5,7-8H2,1-2H3,(H,27,30)(H,28,29). The first-order valence-corrected chi connectivity index (χ1v) is 13.5. The molecule has 1 atom stereocenters. The fourth-order valence-corrected chi connectivity index (χ4v) is 5.78. The lowest BCUT2D eigenvalue weighted by atomic mass is 10.0. The number of anilines is 2. The smallest absolute Gasteiger partial charge is 0.237 e. The molecule has 12 heteroatoms. The number of ether oxygens (including phenoxy) is 1. The Morgan fingerprint density at radius 1 is 1.29 bits per heavy atom. The molecule has 2 heterocycles. The highest BCUT2D eigenvalue weighted by Gasteiger charge is 2.36. The van der Waals surface area contributed by atoms with Crippen LogP contribution < -0.4 is 14.8 Å². The molecule has 2 aromatic heterocycles. The Hall–Kier alpha value is -3.56. The predicted molar refractivity (Wildman–Crippen MR) is 134 cm³/mol.